The molecular weight excluding hydrogens is 610 g/mol. The van der Waals surface area contributed by atoms with Crippen molar-refractivity contribution >= 4 is 17.6 Å². The van der Waals surface area contributed by atoms with Gasteiger partial charge in [0.25, 0.3) is 0 Å². The summed E-state index contributed by atoms with van der Waals surface area (Å²) >= 11 is 0. The number of halogens is 6. The highest BCUT2D eigenvalue weighted by Crippen LogP contribution is 2.39. The number of likely N-dealkylation sites (tertiary alicyclic amines) is 2. The molecule has 3 amide bonds. The third kappa shape index (κ3) is 7.83. The van der Waals surface area contributed by atoms with Crippen molar-refractivity contribution in [3.63, 3.8) is 0 Å². The van der Waals surface area contributed by atoms with Crippen LogP contribution < -0.4 is 10.6 Å². The first-order chi connectivity index (χ1) is 21.7. The summed E-state index contributed by atoms with van der Waals surface area (Å²) in [5.41, 5.74) is -2.05. The SMILES string of the molecule is CC(=O)NC1(c2ccccc2)CCN([C@H]2CCN(C(=O)Nc3cc(C(F)(F)F)cc(C(F)(F)F)c3)[C@@H](Cc3ccccc3)C2)CC1. The maximum absolute atomic E-state index is 13.5. The molecule has 12 heteroatoms. The van der Waals surface area contributed by atoms with Gasteiger partial charge in [0.15, 0.2) is 0 Å². The molecule has 246 valence electrons. The van der Waals surface area contributed by atoms with E-state index in [4.69, 9.17) is 0 Å². The topological polar surface area (TPSA) is 64.7 Å². The Morgan fingerprint density at radius 3 is 1.93 bits per heavy atom. The van der Waals surface area contributed by atoms with E-state index in [0.29, 0.717) is 57.3 Å². The normalized spacial score (nSPS) is 20.6. The standard InChI is InChI=1S/C34H36F6N4O2/c1-23(45)42-32(25-10-6-3-7-11-25)13-16-43(17-14-32)29-12-15-44(30(22-29)18-24-8-4-2-5-9-24)31(46)41-28-20-26(33(35,36)37)19-27(21-28)34(38,39)40/h2-11,19-21,29-30H,12-18,22H2,1H3,(H,41,46)(H,42,45)/t29-,30-/m0/s1. The summed E-state index contributed by atoms with van der Waals surface area (Å²) in [6, 6.07) is 19.4. The molecule has 2 heterocycles. The van der Waals surface area contributed by atoms with E-state index in [1.54, 1.807) is 0 Å². The molecule has 0 spiro atoms. The number of carbonyl (C=O) groups excluding carboxylic acids is 2. The van der Waals surface area contributed by atoms with Crippen LogP contribution in [0.1, 0.15) is 54.9 Å². The van der Waals surface area contributed by atoms with E-state index >= 15 is 0 Å². The van der Waals surface area contributed by atoms with Crippen molar-refractivity contribution in [2.45, 2.75) is 69.0 Å². The first-order valence-electron chi connectivity index (χ1n) is 15.2. The van der Waals surface area contributed by atoms with E-state index in [1.807, 2.05) is 60.7 Å². The lowest BCUT2D eigenvalue weighted by Crippen LogP contribution is -2.58. The van der Waals surface area contributed by atoms with Gasteiger partial charge >= 0.3 is 18.4 Å². The fourth-order valence-electron chi connectivity index (χ4n) is 6.78. The number of anilines is 1. The Labute approximate surface area is 263 Å². The summed E-state index contributed by atoms with van der Waals surface area (Å²) in [4.78, 5) is 29.6. The summed E-state index contributed by atoms with van der Waals surface area (Å²) < 4.78 is 80.7. The van der Waals surface area contributed by atoms with Crippen molar-refractivity contribution in [3.05, 3.63) is 101 Å². The lowest BCUT2D eigenvalue weighted by molar-refractivity contribution is -0.143. The molecule has 0 saturated carbocycles. The molecule has 2 atom stereocenters. The van der Waals surface area contributed by atoms with E-state index in [1.165, 1.54) is 11.8 Å². The van der Waals surface area contributed by atoms with Crippen LogP contribution in [0.5, 0.6) is 0 Å². The van der Waals surface area contributed by atoms with Gasteiger partial charge < -0.3 is 20.4 Å². The maximum Gasteiger partial charge on any atom is 0.416 e. The third-order valence-corrected chi connectivity index (χ3v) is 9.01. The Morgan fingerprint density at radius 1 is 0.826 bits per heavy atom. The molecule has 0 aromatic heterocycles. The number of hydrogen-bond donors (Lipinski definition) is 2. The minimum absolute atomic E-state index is 0.0381. The molecule has 0 unspecified atom stereocenters. The van der Waals surface area contributed by atoms with Crippen LogP contribution in [0, 0.1) is 0 Å². The Hall–Kier alpha value is -4.06. The molecule has 0 aliphatic carbocycles. The van der Waals surface area contributed by atoms with E-state index in [-0.39, 0.29) is 30.6 Å². The fourth-order valence-corrected chi connectivity index (χ4v) is 6.78. The van der Waals surface area contributed by atoms with Crippen molar-refractivity contribution in [1.29, 1.82) is 0 Å². The zero-order valence-corrected chi connectivity index (χ0v) is 25.3. The second kappa shape index (κ2) is 13.4. The quantitative estimate of drug-likeness (QED) is 0.274. The third-order valence-electron chi connectivity index (χ3n) is 9.01. The van der Waals surface area contributed by atoms with Crippen LogP contribution in [0.4, 0.5) is 36.8 Å². The lowest BCUT2D eigenvalue weighted by Gasteiger charge is -2.48. The van der Waals surface area contributed by atoms with Gasteiger partial charge in [-0.25, -0.2) is 4.79 Å². The summed E-state index contributed by atoms with van der Waals surface area (Å²) in [5, 5.41) is 5.51. The minimum Gasteiger partial charge on any atom is -0.347 e. The second-order valence-corrected chi connectivity index (χ2v) is 12.1. The van der Waals surface area contributed by atoms with Crippen molar-refractivity contribution in [1.82, 2.24) is 15.1 Å². The van der Waals surface area contributed by atoms with Crippen molar-refractivity contribution in [2.24, 2.45) is 0 Å². The number of nitrogens with one attached hydrogen (secondary N) is 2. The van der Waals surface area contributed by atoms with Crippen LogP contribution in [-0.2, 0) is 29.1 Å². The minimum atomic E-state index is -5.03. The first kappa shape index (κ1) is 33.3. The monoisotopic (exact) mass is 646 g/mol. The van der Waals surface area contributed by atoms with Gasteiger partial charge in [-0.15, -0.1) is 0 Å². The molecule has 3 aromatic carbocycles. The van der Waals surface area contributed by atoms with E-state index < -0.39 is 40.7 Å². The van der Waals surface area contributed by atoms with Crippen molar-refractivity contribution in [2.75, 3.05) is 25.0 Å². The number of hydrogen-bond acceptors (Lipinski definition) is 3. The summed E-state index contributed by atoms with van der Waals surface area (Å²) in [6.45, 7) is 3.18. The van der Waals surface area contributed by atoms with Crippen molar-refractivity contribution < 1.29 is 35.9 Å². The second-order valence-electron chi connectivity index (χ2n) is 12.1. The van der Waals surface area contributed by atoms with Crippen LogP contribution in [-0.4, -0.2) is 53.5 Å². The molecule has 3 aromatic rings. The van der Waals surface area contributed by atoms with Crippen LogP contribution in [0.3, 0.4) is 0 Å². The lowest BCUT2D eigenvalue weighted by atomic mass is 9.79. The smallest absolute Gasteiger partial charge is 0.347 e. The van der Waals surface area contributed by atoms with Gasteiger partial charge in [0, 0.05) is 44.3 Å². The number of piperidine rings is 2. The van der Waals surface area contributed by atoms with Crippen LogP contribution in [0.15, 0.2) is 78.9 Å². The number of alkyl halides is 6. The zero-order chi connectivity index (χ0) is 33.1. The molecule has 5 rings (SSSR count). The Bertz CT molecular complexity index is 1470. The average molecular weight is 647 g/mol. The molecule has 6 nitrogen and oxygen atoms in total. The summed E-state index contributed by atoms with van der Waals surface area (Å²) in [6.07, 6.45) is -7.06. The molecule has 2 aliphatic heterocycles. The van der Waals surface area contributed by atoms with Gasteiger partial charge in [-0.2, -0.15) is 26.3 Å². The van der Waals surface area contributed by atoms with Crippen LogP contribution in [0.2, 0.25) is 0 Å². The molecule has 2 saturated heterocycles. The van der Waals surface area contributed by atoms with Gasteiger partial charge in [0.2, 0.25) is 5.91 Å². The number of amides is 3. The molecular formula is C34H36F6N4O2. The zero-order valence-electron chi connectivity index (χ0n) is 25.3. The summed E-state index contributed by atoms with van der Waals surface area (Å²) in [5.74, 6) is -0.109. The fraction of sp³-hybridized carbons (Fsp3) is 0.412. The number of rotatable bonds is 6. The highest BCUT2D eigenvalue weighted by molar-refractivity contribution is 5.90. The largest absolute Gasteiger partial charge is 0.416 e. The predicted molar refractivity (Wildman–Crippen MR) is 162 cm³/mol. The van der Waals surface area contributed by atoms with Crippen molar-refractivity contribution in [3.8, 4) is 0 Å². The molecule has 2 N–H and O–H groups in total. The van der Waals surface area contributed by atoms with Crippen LogP contribution in [0.25, 0.3) is 0 Å². The highest BCUT2D eigenvalue weighted by Gasteiger charge is 2.42. The van der Waals surface area contributed by atoms with E-state index in [2.05, 4.69) is 15.5 Å². The van der Waals surface area contributed by atoms with Gasteiger partial charge in [0.1, 0.15) is 0 Å². The van der Waals surface area contributed by atoms with E-state index in [0.717, 1.165) is 11.1 Å². The summed E-state index contributed by atoms with van der Waals surface area (Å²) in [7, 11) is 0. The Balaban J connectivity index is 1.34. The van der Waals surface area contributed by atoms with Gasteiger partial charge in [-0.1, -0.05) is 60.7 Å². The highest BCUT2D eigenvalue weighted by atomic mass is 19.4. The molecule has 2 aliphatic rings. The number of carbonyl (C=O) groups is 2. The number of nitrogens with zero attached hydrogens (tertiary/aromatic N) is 2. The van der Waals surface area contributed by atoms with E-state index in [9.17, 15) is 35.9 Å². The first-order valence-corrected chi connectivity index (χ1v) is 15.2. The Kier molecular flexibility index (Phi) is 9.67. The molecule has 0 radical (unpaired) electrons. The predicted octanol–water partition coefficient (Wildman–Crippen LogP) is 7.46. The Morgan fingerprint density at radius 2 is 1.39 bits per heavy atom. The number of urea groups is 1. The van der Waals surface area contributed by atoms with Gasteiger partial charge in [-0.3, -0.25) is 4.79 Å². The molecule has 0 bridgehead atoms. The maximum atomic E-state index is 13.5. The molecule has 46 heavy (non-hydrogen) atoms. The molecule has 2 fully saturated rings. The van der Waals surface area contributed by atoms with Crippen LogP contribution >= 0.6 is 0 Å². The average Bonchev–Trinajstić information content (AvgIpc) is 3.01. The van der Waals surface area contributed by atoms with Gasteiger partial charge in [-0.05, 0) is 61.4 Å². The number of benzene rings is 3. The van der Waals surface area contributed by atoms with Gasteiger partial charge in [0.05, 0.1) is 16.7 Å².